The van der Waals surface area contributed by atoms with Gasteiger partial charge in [0.2, 0.25) is 0 Å². The van der Waals surface area contributed by atoms with Gasteiger partial charge in [-0.05, 0) is 11.6 Å². The molecule has 0 unspecified atom stereocenters. The van der Waals surface area contributed by atoms with Gasteiger partial charge in [0, 0.05) is 11.1 Å². The number of ether oxygens (including phenoxy) is 2. The highest BCUT2D eigenvalue weighted by Crippen LogP contribution is 2.32. The molecule has 0 saturated carbocycles. The van der Waals surface area contributed by atoms with Crippen molar-refractivity contribution in [3.8, 4) is 11.5 Å². The van der Waals surface area contributed by atoms with Gasteiger partial charge >= 0.3 is 0 Å². The summed E-state index contributed by atoms with van der Waals surface area (Å²) in [5, 5.41) is 7.99. The Kier molecular flexibility index (Phi) is 3.88. The van der Waals surface area contributed by atoms with Crippen molar-refractivity contribution in [1.82, 2.24) is 14.9 Å². The Balaban J connectivity index is 2.17. The first-order chi connectivity index (χ1) is 8.74. The molecule has 18 heavy (non-hydrogen) atoms. The predicted molar refractivity (Wildman–Crippen MR) is 67.6 cm³/mol. The van der Waals surface area contributed by atoms with Gasteiger partial charge in [0.05, 0.1) is 20.8 Å². The molecular weight excluding hydrogens is 256 g/mol. The molecule has 0 atom stereocenters. The van der Waals surface area contributed by atoms with Gasteiger partial charge in [-0.2, -0.15) is 0 Å². The lowest BCUT2D eigenvalue weighted by atomic mass is 10.2. The molecule has 0 radical (unpaired) electrons. The van der Waals surface area contributed by atoms with E-state index in [4.69, 9.17) is 21.1 Å². The second-order valence-corrected chi connectivity index (χ2v) is 3.91. The van der Waals surface area contributed by atoms with Crippen LogP contribution in [0.2, 0.25) is 5.02 Å². The third-order valence-corrected chi connectivity index (χ3v) is 2.78. The predicted octanol–water partition coefficient (Wildman–Crippen LogP) is 1.69. The molecule has 0 fully saturated rings. The standard InChI is InChI=1S/C11H13ClN4O2/c1-17-10-3-8(9(12)4-11(10)18-2)5-15-16-6-13-14-7-16/h3-4,6-7,15H,5H2,1-2H3. The molecule has 1 heterocycles. The SMILES string of the molecule is COc1cc(Cl)c(CNn2cnnc2)cc1OC. The minimum atomic E-state index is 0.525. The molecule has 1 aromatic carbocycles. The van der Waals surface area contributed by atoms with Crippen LogP contribution in [0.4, 0.5) is 0 Å². The smallest absolute Gasteiger partial charge is 0.162 e. The van der Waals surface area contributed by atoms with Gasteiger partial charge in [0.25, 0.3) is 0 Å². The van der Waals surface area contributed by atoms with Crippen molar-refractivity contribution in [2.45, 2.75) is 6.54 Å². The average Bonchev–Trinajstić information content (AvgIpc) is 2.90. The van der Waals surface area contributed by atoms with Gasteiger partial charge in [0.1, 0.15) is 12.7 Å². The number of nitrogens with zero attached hydrogens (tertiary/aromatic N) is 3. The van der Waals surface area contributed by atoms with Gasteiger partial charge in [0.15, 0.2) is 11.5 Å². The van der Waals surface area contributed by atoms with Crippen molar-refractivity contribution >= 4 is 11.6 Å². The fourth-order valence-electron chi connectivity index (χ4n) is 1.49. The Morgan fingerprint density at radius 2 is 1.78 bits per heavy atom. The number of aromatic nitrogens is 3. The van der Waals surface area contributed by atoms with Crippen molar-refractivity contribution in [3.05, 3.63) is 35.4 Å². The minimum Gasteiger partial charge on any atom is -0.493 e. The largest absolute Gasteiger partial charge is 0.493 e. The fraction of sp³-hybridized carbons (Fsp3) is 0.273. The highest BCUT2D eigenvalue weighted by atomic mass is 35.5. The van der Waals surface area contributed by atoms with E-state index >= 15 is 0 Å². The first kappa shape index (κ1) is 12.5. The number of benzene rings is 1. The number of hydrogen-bond donors (Lipinski definition) is 1. The summed E-state index contributed by atoms with van der Waals surface area (Å²) in [6, 6.07) is 3.56. The quantitative estimate of drug-likeness (QED) is 0.894. The first-order valence-electron chi connectivity index (χ1n) is 5.23. The van der Waals surface area contributed by atoms with Crippen LogP contribution in [0.3, 0.4) is 0 Å². The van der Waals surface area contributed by atoms with Crippen LogP contribution in [0, 0.1) is 0 Å². The summed E-state index contributed by atoms with van der Waals surface area (Å²) in [5.74, 6) is 1.25. The third-order valence-electron chi connectivity index (χ3n) is 2.42. The Morgan fingerprint density at radius 1 is 1.17 bits per heavy atom. The maximum Gasteiger partial charge on any atom is 0.162 e. The van der Waals surface area contributed by atoms with E-state index in [0.29, 0.717) is 23.1 Å². The van der Waals surface area contributed by atoms with Gasteiger partial charge in [-0.3, -0.25) is 0 Å². The van der Waals surface area contributed by atoms with Crippen LogP contribution in [0.15, 0.2) is 24.8 Å². The van der Waals surface area contributed by atoms with Crippen LogP contribution in [0.5, 0.6) is 11.5 Å². The summed E-state index contributed by atoms with van der Waals surface area (Å²) in [6.45, 7) is 0.525. The normalized spacial score (nSPS) is 10.2. The molecule has 0 aliphatic carbocycles. The van der Waals surface area contributed by atoms with Crippen LogP contribution in [-0.4, -0.2) is 29.1 Å². The lowest BCUT2D eigenvalue weighted by Gasteiger charge is -2.12. The van der Waals surface area contributed by atoms with Crippen molar-refractivity contribution in [3.63, 3.8) is 0 Å². The molecular formula is C11H13ClN4O2. The van der Waals surface area contributed by atoms with Crippen molar-refractivity contribution in [2.24, 2.45) is 0 Å². The summed E-state index contributed by atoms with van der Waals surface area (Å²) < 4.78 is 12.0. The van der Waals surface area contributed by atoms with Crippen LogP contribution >= 0.6 is 11.6 Å². The maximum atomic E-state index is 6.16. The van der Waals surface area contributed by atoms with E-state index in [9.17, 15) is 0 Å². The Bertz CT molecular complexity index is 516. The number of hydrogen-bond acceptors (Lipinski definition) is 5. The number of nitrogens with one attached hydrogen (secondary N) is 1. The van der Waals surface area contributed by atoms with Gasteiger partial charge in [-0.15, -0.1) is 10.2 Å². The maximum absolute atomic E-state index is 6.16. The average molecular weight is 269 g/mol. The second-order valence-electron chi connectivity index (χ2n) is 3.50. The van der Waals surface area contributed by atoms with Gasteiger partial charge in [-0.1, -0.05) is 11.6 Å². The number of rotatable bonds is 5. The van der Waals surface area contributed by atoms with Crippen LogP contribution in [-0.2, 0) is 6.54 Å². The van der Waals surface area contributed by atoms with Crippen LogP contribution < -0.4 is 14.9 Å². The van der Waals surface area contributed by atoms with Gasteiger partial charge < -0.3 is 14.9 Å². The lowest BCUT2D eigenvalue weighted by molar-refractivity contribution is 0.354. The number of halogens is 1. The van der Waals surface area contributed by atoms with Gasteiger partial charge in [-0.25, -0.2) is 4.68 Å². The van der Waals surface area contributed by atoms with E-state index < -0.39 is 0 Å². The molecule has 0 aliphatic rings. The first-order valence-corrected chi connectivity index (χ1v) is 5.61. The molecule has 0 bridgehead atoms. The molecule has 0 aliphatic heterocycles. The molecule has 2 rings (SSSR count). The van der Waals surface area contributed by atoms with E-state index in [1.54, 1.807) is 37.6 Å². The summed E-state index contributed by atoms with van der Waals surface area (Å²) in [4.78, 5) is 0. The molecule has 0 saturated heterocycles. The summed E-state index contributed by atoms with van der Waals surface area (Å²) >= 11 is 6.16. The molecule has 0 amide bonds. The molecule has 2 aromatic rings. The summed E-state index contributed by atoms with van der Waals surface area (Å²) in [7, 11) is 3.16. The molecule has 7 heteroatoms. The highest BCUT2D eigenvalue weighted by molar-refractivity contribution is 6.31. The van der Waals surface area contributed by atoms with Crippen molar-refractivity contribution in [2.75, 3.05) is 19.6 Å². The molecule has 96 valence electrons. The zero-order chi connectivity index (χ0) is 13.0. The third kappa shape index (κ3) is 2.65. The van der Waals surface area contributed by atoms with E-state index in [0.717, 1.165) is 5.56 Å². The Morgan fingerprint density at radius 3 is 2.39 bits per heavy atom. The summed E-state index contributed by atoms with van der Waals surface area (Å²) in [6.07, 6.45) is 3.13. The van der Waals surface area contributed by atoms with E-state index in [1.807, 2.05) is 6.07 Å². The Labute approximate surface area is 109 Å². The second kappa shape index (κ2) is 5.59. The van der Waals surface area contributed by atoms with Crippen molar-refractivity contribution < 1.29 is 9.47 Å². The molecule has 1 N–H and O–H groups in total. The lowest BCUT2D eigenvalue weighted by Crippen LogP contribution is -2.12. The number of methoxy groups -OCH3 is 2. The fourth-order valence-corrected chi connectivity index (χ4v) is 1.71. The monoisotopic (exact) mass is 268 g/mol. The van der Waals surface area contributed by atoms with E-state index in [-0.39, 0.29) is 0 Å². The van der Waals surface area contributed by atoms with E-state index in [2.05, 4.69) is 15.6 Å². The van der Waals surface area contributed by atoms with Crippen LogP contribution in [0.1, 0.15) is 5.56 Å². The minimum absolute atomic E-state index is 0.525. The highest BCUT2D eigenvalue weighted by Gasteiger charge is 2.09. The summed E-state index contributed by atoms with van der Waals surface area (Å²) in [5.41, 5.74) is 3.97. The zero-order valence-electron chi connectivity index (χ0n) is 10.1. The molecule has 6 nitrogen and oxygen atoms in total. The van der Waals surface area contributed by atoms with E-state index in [1.165, 1.54) is 0 Å². The van der Waals surface area contributed by atoms with Crippen molar-refractivity contribution in [1.29, 1.82) is 0 Å². The zero-order valence-corrected chi connectivity index (χ0v) is 10.8. The molecule has 0 spiro atoms. The Hall–Kier alpha value is -1.95. The van der Waals surface area contributed by atoms with Crippen LogP contribution in [0.25, 0.3) is 0 Å². The molecule has 1 aromatic heterocycles. The topological polar surface area (TPSA) is 61.2 Å².